The highest BCUT2D eigenvalue weighted by atomic mass is 16.5. The number of ether oxygens (including phenoxy) is 1. The Labute approximate surface area is 88.4 Å². The third kappa shape index (κ3) is 2.71. The Kier molecular flexibility index (Phi) is 4.39. The lowest BCUT2D eigenvalue weighted by Gasteiger charge is -2.41. The van der Waals surface area contributed by atoms with Crippen LogP contribution in [-0.4, -0.2) is 26.3 Å². The van der Waals surface area contributed by atoms with E-state index in [9.17, 15) is 0 Å². The van der Waals surface area contributed by atoms with E-state index in [1.54, 1.807) is 0 Å². The molecule has 0 saturated heterocycles. The van der Waals surface area contributed by atoms with Crippen LogP contribution in [0.1, 0.15) is 39.5 Å². The maximum Gasteiger partial charge on any atom is 0.0805 e. The van der Waals surface area contributed by atoms with E-state index in [0.717, 1.165) is 18.4 Å². The van der Waals surface area contributed by atoms with E-state index in [0.29, 0.717) is 0 Å². The molecule has 0 spiro atoms. The number of nitrogens with one attached hydrogen (secondary N) is 1. The highest BCUT2D eigenvalue weighted by Crippen LogP contribution is 2.37. The Morgan fingerprint density at radius 3 is 2.71 bits per heavy atom. The number of rotatable bonds is 4. The second-order valence-electron chi connectivity index (χ2n) is 5.02. The fraction of sp³-hybridized carbons (Fsp3) is 1.00. The molecular formula is C12H25NO. The smallest absolute Gasteiger partial charge is 0.0805 e. The van der Waals surface area contributed by atoms with Gasteiger partial charge in [0.1, 0.15) is 0 Å². The Bertz CT molecular complexity index is 166. The van der Waals surface area contributed by atoms with E-state index in [1.165, 1.54) is 25.7 Å². The zero-order chi connectivity index (χ0) is 10.6. The van der Waals surface area contributed by atoms with Gasteiger partial charge in [0.25, 0.3) is 0 Å². The van der Waals surface area contributed by atoms with Crippen LogP contribution in [0.4, 0.5) is 0 Å². The predicted octanol–water partition coefficient (Wildman–Crippen LogP) is 2.44. The van der Waals surface area contributed by atoms with E-state index < -0.39 is 0 Å². The van der Waals surface area contributed by atoms with E-state index in [2.05, 4.69) is 19.2 Å². The molecule has 0 aliphatic heterocycles. The van der Waals surface area contributed by atoms with Crippen molar-refractivity contribution in [3.8, 4) is 0 Å². The molecule has 2 atom stereocenters. The van der Waals surface area contributed by atoms with Gasteiger partial charge in [-0.25, -0.2) is 0 Å². The molecule has 0 bridgehead atoms. The van der Waals surface area contributed by atoms with E-state index in [-0.39, 0.29) is 5.60 Å². The minimum absolute atomic E-state index is 0.113. The summed E-state index contributed by atoms with van der Waals surface area (Å²) >= 11 is 0. The average molecular weight is 199 g/mol. The Balaban J connectivity index is 2.59. The van der Waals surface area contributed by atoms with Gasteiger partial charge in [-0.1, -0.05) is 20.3 Å². The summed E-state index contributed by atoms with van der Waals surface area (Å²) in [7, 11) is 3.87. The minimum Gasteiger partial charge on any atom is -0.377 e. The summed E-state index contributed by atoms with van der Waals surface area (Å²) in [6.07, 6.45) is 5.14. The molecule has 1 rings (SSSR count). The summed E-state index contributed by atoms with van der Waals surface area (Å²) in [5.74, 6) is 1.64. The highest BCUT2D eigenvalue weighted by molar-refractivity contribution is 4.90. The van der Waals surface area contributed by atoms with Crippen molar-refractivity contribution in [1.82, 2.24) is 5.32 Å². The lowest BCUT2D eigenvalue weighted by Crippen LogP contribution is -2.45. The summed E-state index contributed by atoms with van der Waals surface area (Å²) in [6.45, 7) is 5.65. The Morgan fingerprint density at radius 1 is 1.50 bits per heavy atom. The molecule has 84 valence electrons. The zero-order valence-corrected chi connectivity index (χ0v) is 10.1. The van der Waals surface area contributed by atoms with Crippen LogP contribution >= 0.6 is 0 Å². The van der Waals surface area contributed by atoms with Crippen molar-refractivity contribution in [1.29, 1.82) is 0 Å². The largest absolute Gasteiger partial charge is 0.377 e. The normalized spacial score (nSPS) is 33.6. The first-order chi connectivity index (χ1) is 6.63. The first kappa shape index (κ1) is 12.0. The lowest BCUT2D eigenvalue weighted by atomic mass is 9.73. The maximum absolute atomic E-state index is 5.74. The van der Waals surface area contributed by atoms with Crippen molar-refractivity contribution < 1.29 is 4.74 Å². The molecule has 1 fully saturated rings. The lowest BCUT2D eigenvalue weighted by molar-refractivity contribution is -0.0580. The molecule has 0 aromatic heterocycles. The molecule has 0 amide bonds. The molecule has 2 heteroatoms. The SMILES string of the molecule is CNCC1(OC)CCCC(C(C)C)C1. The molecule has 0 aromatic rings. The maximum atomic E-state index is 5.74. The van der Waals surface area contributed by atoms with Gasteiger partial charge < -0.3 is 10.1 Å². The second kappa shape index (κ2) is 5.13. The van der Waals surface area contributed by atoms with Crippen LogP contribution in [-0.2, 0) is 4.74 Å². The fourth-order valence-electron chi connectivity index (χ4n) is 2.68. The monoisotopic (exact) mass is 199 g/mol. The van der Waals surface area contributed by atoms with Gasteiger partial charge in [0.05, 0.1) is 5.60 Å². The number of hydrogen-bond donors (Lipinski definition) is 1. The third-order valence-electron chi connectivity index (χ3n) is 3.72. The molecular weight excluding hydrogens is 174 g/mol. The average Bonchev–Trinajstić information content (AvgIpc) is 2.18. The van der Waals surface area contributed by atoms with Crippen molar-refractivity contribution >= 4 is 0 Å². The van der Waals surface area contributed by atoms with Gasteiger partial charge in [-0.2, -0.15) is 0 Å². The van der Waals surface area contributed by atoms with E-state index in [1.807, 2.05) is 14.2 Å². The summed E-state index contributed by atoms with van der Waals surface area (Å²) < 4.78 is 5.74. The molecule has 1 saturated carbocycles. The van der Waals surface area contributed by atoms with Crippen molar-refractivity contribution in [3.63, 3.8) is 0 Å². The van der Waals surface area contributed by atoms with Gasteiger partial charge in [0.2, 0.25) is 0 Å². The minimum atomic E-state index is 0.113. The second-order valence-corrected chi connectivity index (χ2v) is 5.02. The van der Waals surface area contributed by atoms with Crippen LogP contribution in [0.15, 0.2) is 0 Å². The zero-order valence-electron chi connectivity index (χ0n) is 10.1. The van der Waals surface area contributed by atoms with Crippen LogP contribution in [0.25, 0.3) is 0 Å². The predicted molar refractivity (Wildman–Crippen MR) is 60.5 cm³/mol. The van der Waals surface area contributed by atoms with Gasteiger partial charge in [0.15, 0.2) is 0 Å². The number of hydrogen-bond acceptors (Lipinski definition) is 2. The molecule has 0 aromatic carbocycles. The van der Waals surface area contributed by atoms with Crippen molar-refractivity contribution in [2.75, 3.05) is 20.7 Å². The third-order valence-corrected chi connectivity index (χ3v) is 3.72. The number of likely N-dealkylation sites (N-methyl/N-ethyl adjacent to an activating group) is 1. The van der Waals surface area contributed by atoms with Gasteiger partial charge in [-0.15, -0.1) is 0 Å². The molecule has 0 radical (unpaired) electrons. The van der Waals surface area contributed by atoms with Crippen LogP contribution in [0.5, 0.6) is 0 Å². The van der Waals surface area contributed by atoms with Crippen molar-refractivity contribution in [2.45, 2.75) is 45.1 Å². The molecule has 1 N–H and O–H groups in total. The molecule has 1 aliphatic carbocycles. The Morgan fingerprint density at radius 2 is 2.21 bits per heavy atom. The Hall–Kier alpha value is -0.0800. The molecule has 2 nitrogen and oxygen atoms in total. The standard InChI is InChI=1S/C12H25NO/c1-10(2)11-6-5-7-12(8-11,14-4)9-13-3/h10-11,13H,5-9H2,1-4H3. The molecule has 1 aliphatic rings. The van der Waals surface area contributed by atoms with Crippen LogP contribution < -0.4 is 5.32 Å². The van der Waals surface area contributed by atoms with Gasteiger partial charge in [-0.3, -0.25) is 0 Å². The summed E-state index contributed by atoms with van der Waals surface area (Å²) in [5, 5.41) is 3.26. The van der Waals surface area contributed by atoms with Gasteiger partial charge >= 0.3 is 0 Å². The quantitative estimate of drug-likeness (QED) is 0.751. The van der Waals surface area contributed by atoms with Gasteiger partial charge in [-0.05, 0) is 38.1 Å². The summed E-state index contributed by atoms with van der Waals surface area (Å²) in [4.78, 5) is 0. The topological polar surface area (TPSA) is 21.3 Å². The first-order valence-electron chi connectivity index (χ1n) is 5.83. The van der Waals surface area contributed by atoms with E-state index in [4.69, 9.17) is 4.74 Å². The molecule has 0 heterocycles. The van der Waals surface area contributed by atoms with Gasteiger partial charge in [0, 0.05) is 13.7 Å². The first-order valence-corrected chi connectivity index (χ1v) is 5.83. The molecule has 14 heavy (non-hydrogen) atoms. The molecule has 2 unspecified atom stereocenters. The highest BCUT2D eigenvalue weighted by Gasteiger charge is 2.36. The van der Waals surface area contributed by atoms with Crippen molar-refractivity contribution in [2.24, 2.45) is 11.8 Å². The summed E-state index contributed by atoms with van der Waals surface area (Å²) in [6, 6.07) is 0. The van der Waals surface area contributed by atoms with Crippen LogP contribution in [0.2, 0.25) is 0 Å². The van der Waals surface area contributed by atoms with Crippen molar-refractivity contribution in [3.05, 3.63) is 0 Å². The van der Waals surface area contributed by atoms with Crippen LogP contribution in [0, 0.1) is 11.8 Å². The summed E-state index contributed by atoms with van der Waals surface area (Å²) in [5.41, 5.74) is 0.113. The van der Waals surface area contributed by atoms with Crippen LogP contribution in [0.3, 0.4) is 0 Å². The number of methoxy groups -OCH3 is 1. The fourth-order valence-corrected chi connectivity index (χ4v) is 2.68. The van der Waals surface area contributed by atoms with E-state index >= 15 is 0 Å².